The molecule has 1 saturated carbocycles. The van der Waals surface area contributed by atoms with Gasteiger partial charge in [-0.05, 0) is 44.1 Å². The Morgan fingerprint density at radius 3 is 2.60 bits per heavy atom. The van der Waals surface area contributed by atoms with Crippen molar-refractivity contribution in [2.24, 2.45) is 11.3 Å². The number of morpholine rings is 1. The van der Waals surface area contributed by atoms with Crippen molar-refractivity contribution in [3.05, 3.63) is 0 Å². The molecule has 0 bridgehead atoms. The first-order chi connectivity index (χ1) is 9.41. The van der Waals surface area contributed by atoms with E-state index in [-0.39, 0.29) is 0 Å². The molecule has 1 saturated heterocycles. The van der Waals surface area contributed by atoms with E-state index in [2.05, 4.69) is 44.8 Å². The molecule has 2 aliphatic rings. The minimum absolute atomic E-state index is 0.390. The van der Waals surface area contributed by atoms with Gasteiger partial charge in [0.2, 0.25) is 0 Å². The predicted octanol–water partition coefficient (Wildman–Crippen LogP) is 2.90. The quantitative estimate of drug-likeness (QED) is 0.861. The first kappa shape index (κ1) is 16.3. The fourth-order valence-electron chi connectivity index (χ4n) is 3.98. The minimum atomic E-state index is 0.390. The van der Waals surface area contributed by atoms with Crippen LogP contribution >= 0.6 is 0 Å². The third-order valence-corrected chi connectivity index (χ3v) is 5.25. The Labute approximate surface area is 125 Å². The highest BCUT2D eigenvalue weighted by Crippen LogP contribution is 2.39. The first-order valence-electron chi connectivity index (χ1n) is 8.50. The molecule has 0 amide bonds. The molecule has 20 heavy (non-hydrogen) atoms. The number of ether oxygens (including phenoxy) is 1. The van der Waals surface area contributed by atoms with Gasteiger partial charge in [-0.3, -0.25) is 4.90 Å². The lowest BCUT2D eigenvalue weighted by Gasteiger charge is -2.48. The summed E-state index contributed by atoms with van der Waals surface area (Å²) in [5.41, 5.74) is 0.438. The van der Waals surface area contributed by atoms with Gasteiger partial charge in [-0.1, -0.05) is 27.7 Å². The second-order valence-electron chi connectivity index (χ2n) is 7.78. The fraction of sp³-hybridized carbons (Fsp3) is 1.00. The fourth-order valence-corrected chi connectivity index (χ4v) is 3.98. The third-order valence-electron chi connectivity index (χ3n) is 5.25. The van der Waals surface area contributed by atoms with Crippen LogP contribution in [0, 0.1) is 11.3 Å². The van der Waals surface area contributed by atoms with Gasteiger partial charge in [0, 0.05) is 25.2 Å². The van der Waals surface area contributed by atoms with Crippen molar-refractivity contribution >= 4 is 0 Å². The SMILES string of the molecule is CCNC1CCC(C(C)(C)C)CC1N1CCOC(C)C1. The van der Waals surface area contributed by atoms with Crippen LogP contribution in [0.4, 0.5) is 0 Å². The van der Waals surface area contributed by atoms with E-state index in [9.17, 15) is 0 Å². The van der Waals surface area contributed by atoms with E-state index in [0.717, 1.165) is 32.2 Å². The summed E-state index contributed by atoms with van der Waals surface area (Å²) in [7, 11) is 0. The number of hydrogen-bond acceptors (Lipinski definition) is 3. The van der Waals surface area contributed by atoms with Crippen LogP contribution in [0.3, 0.4) is 0 Å². The molecule has 0 radical (unpaired) electrons. The molecule has 1 aliphatic heterocycles. The summed E-state index contributed by atoms with van der Waals surface area (Å²) in [6.45, 7) is 15.8. The largest absolute Gasteiger partial charge is 0.376 e. The Hall–Kier alpha value is -0.120. The van der Waals surface area contributed by atoms with Crippen LogP contribution in [-0.2, 0) is 4.74 Å². The minimum Gasteiger partial charge on any atom is -0.376 e. The Balaban J connectivity index is 2.06. The summed E-state index contributed by atoms with van der Waals surface area (Å²) >= 11 is 0. The van der Waals surface area contributed by atoms with E-state index in [1.807, 2.05) is 0 Å². The van der Waals surface area contributed by atoms with Gasteiger partial charge in [0.1, 0.15) is 0 Å². The van der Waals surface area contributed by atoms with Crippen molar-refractivity contribution in [1.29, 1.82) is 0 Å². The van der Waals surface area contributed by atoms with E-state index in [4.69, 9.17) is 4.74 Å². The molecule has 1 heterocycles. The molecule has 1 N–H and O–H groups in total. The summed E-state index contributed by atoms with van der Waals surface area (Å²) in [6.07, 6.45) is 4.43. The normalized spacial score (nSPS) is 37.0. The Morgan fingerprint density at radius 1 is 1.25 bits per heavy atom. The first-order valence-corrected chi connectivity index (χ1v) is 8.50. The Morgan fingerprint density at radius 2 is 2.00 bits per heavy atom. The zero-order chi connectivity index (χ0) is 14.8. The lowest BCUT2D eigenvalue weighted by Crippen LogP contribution is -2.58. The molecule has 0 spiro atoms. The van der Waals surface area contributed by atoms with Crippen molar-refractivity contribution in [2.75, 3.05) is 26.2 Å². The number of hydrogen-bond donors (Lipinski definition) is 1. The lowest BCUT2D eigenvalue weighted by atomic mass is 9.69. The maximum Gasteiger partial charge on any atom is 0.0674 e. The lowest BCUT2D eigenvalue weighted by molar-refractivity contribution is -0.0540. The van der Waals surface area contributed by atoms with E-state index >= 15 is 0 Å². The second-order valence-corrected chi connectivity index (χ2v) is 7.78. The van der Waals surface area contributed by atoms with Crippen molar-refractivity contribution < 1.29 is 4.74 Å². The van der Waals surface area contributed by atoms with Gasteiger partial charge in [0.05, 0.1) is 12.7 Å². The van der Waals surface area contributed by atoms with Crippen LogP contribution in [0.1, 0.15) is 53.9 Å². The average molecular weight is 282 g/mol. The molecule has 3 heteroatoms. The molecule has 3 nitrogen and oxygen atoms in total. The summed E-state index contributed by atoms with van der Waals surface area (Å²) in [6, 6.07) is 1.36. The second kappa shape index (κ2) is 6.76. The van der Waals surface area contributed by atoms with Crippen molar-refractivity contribution in [3.63, 3.8) is 0 Å². The Kier molecular flexibility index (Phi) is 5.49. The van der Waals surface area contributed by atoms with Gasteiger partial charge in [-0.25, -0.2) is 0 Å². The van der Waals surface area contributed by atoms with Crippen molar-refractivity contribution in [3.8, 4) is 0 Å². The van der Waals surface area contributed by atoms with Gasteiger partial charge < -0.3 is 10.1 Å². The standard InChI is InChI=1S/C17H34N2O/c1-6-18-15-8-7-14(17(3,4)5)11-16(15)19-9-10-20-13(2)12-19/h13-16,18H,6-12H2,1-5H3. The zero-order valence-electron chi connectivity index (χ0n) is 14.1. The van der Waals surface area contributed by atoms with Crippen LogP contribution in [0.2, 0.25) is 0 Å². The van der Waals surface area contributed by atoms with Crippen LogP contribution in [0.5, 0.6) is 0 Å². The summed E-state index contributed by atoms with van der Waals surface area (Å²) in [5.74, 6) is 0.848. The third kappa shape index (κ3) is 3.96. The molecular weight excluding hydrogens is 248 g/mol. The molecule has 118 valence electrons. The van der Waals surface area contributed by atoms with E-state index in [0.29, 0.717) is 23.6 Å². The van der Waals surface area contributed by atoms with E-state index < -0.39 is 0 Å². The number of nitrogens with one attached hydrogen (secondary N) is 1. The van der Waals surface area contributed by atoms with E-state index in [1.54, 1.807) is 0 Å². The maximum absolute atomic E-state index is 5.73. The van der Waals surface area contributed by atoms with Crippen LogP contribution in [0.25, 0.3) is 0 Å². The van der Waals surface area contributed by atoms with E-state index in [1.165, 1.54) is 19.3 Å². The Bertz CT molecular complexity index is 300. The zero-order valence-corrected chi connectivity index (χ0v) is 14.1. The molecule has 0 aromatic carbocycles. The summed E-state index contributed by atoms with van der Waals surface area (Å²) in [5, 5.41) is 3.74. The molecule has 1 aliphatic carbocycles. The maximum atomic E-state index is 5.73. The summed E-state index contributed by atoms with van der Waals surface area (Å²) < 4.78 is 5.73. The highest BCUT2D eigenvalue weighted by molar-refractivity contribution is 4.95. The highest BCUT2D eigenvalue weighted by atomic mass is 16.5. The molecule has 4 atom stereocenters. The molecule has 4 unspecified atom stereocenters. The smallest absolute Gasteiger partial charge is 0.0674 e. The van der Waals surface area contributed by atoms with Gasteiger partial charge >= 0.3 is 0 Å². The van der Waals surface area contributed by atoms with Crippen LogP contribution in [-0.4, -0.2) is 49.3 Å². The monoisotopic (exact) mass is 282 g/mol. The molecule has 2 fully saturated rings. The highest BCUT2D eigenvalue weighted by Gasteiger charge is 2.39. The van der Waals surface area contributed by atoms with Crippen LogP contribution in [0.15, 0.2) is 0 Å². The molecule has 0 aromatic heterocycles. The van der Waals surface area contributed by atoms with Crippen molar-refractivity contribution in [2.45, 2.75) is 72.1 Å². The van der Waals surface area contributed by atoms with Crippen LogP contribution < -0.4 is 5.32 Å². The number of nitrogens with zero attached hydrogens (tertiary/aromatic N) is 1. The topological polar surface area (TPSA) is 24.5 Å². The van der Waals surface area contributed by atoms with Gasteiger partial charge in [-0.15, -0.1) is 0 Å². The predicted molar refractivity (Wildman–Crippen MR) is 85.0 cm³/mol. The van der Waals surface area contributed by atoms with Gasteiger partial charge in [-0.2, -0.15) is 0 Å². The van der Waals surface area contributed by atoms with Gasteiger partial charge in [0.25, 0.3) is 0 Å². The van der Waals surface area contributed by atoms with Crippen molar-refractivity contribution in [1.82, 2.24) is 10.2 Å². The number of likely N-dealkylation sites (N-methyl/N-ethyl adjacent to an activating group) is 1. The molecule has 0 aromatic rings. The molecule has 2 rings (SSSR count). The molecular formula is C17H34N2O. The summed E-state index contributed by atoms with van der Waals surface area (Å²) in [4.78, 5) is 2.69. The average Bonchev–Trinajstić information content (AvgIpc) is 2.38. The number of rotatable bonds is 3. The van der Waals surface area contributed by atoms with Gasteiger partial charge in [0.15, 0.2) is 0 Å².